The number of rotatable bonds is 7. The summed E-state index contributed by atoms with van der Waals surface area (Å²) < 4.78 is 23.3. The highest BCUT2D eigenvalue weighted by Crippen LogP contribution is 2.41. The van der Waals surface area contributed by atoms with Gasteiger partial charge >= 0.3 is 6.01 Å². The minimum absolute atomic E-state index is 0.00892. The van der Waals surface area contributed by atoms with E-state index in [-0.39, 0.29) is 41.0 Å². The maximum atomic E-state index is 16.9. The Labute approximate surface area is 278 Å². The van der Waals surface area contributed by atoms with Gasteiger partial charge in [0.15, 0.2) is 5.82 Å². The van der Waals surface area contributed by atoms with Crippen LogP contribution in [0.4, 0.5) is 10.2 Å². The number of pyridine rings is 1. The zero-order valence-corrected chi connectivity index (χ0v) is 26.6. The Morgan fingerprint density at radius 3 is 2.79 bits per heavy atom. The largest absolute Gasteiger partial charge is 0.508 e. The van der Waals surface area contributed by atoms with Gasteiger partial charge in [-0.2, -0.15) is 15.2 Å². The number of halogens is 1. The van der Waals surface area contributed by atoms with Crippen LogP contribution in [0.15, 0.2) is 49.2 Å². The third kappa shape index (κ3) is 5.54. The molecular formula is C37H36FN7O3. The molecule has 0 radical (unpaired) electrons. The van der Waals surface area contributed by atoms with E-state index in [0.717, 1.165) is 38.8 Å². The Morgan fingerprint density at radius 1 is 1.23 bits per heavy atom. The van der Waals surface area contributed by atoms with Crippen molar-refractivity contribution in [3.8, 4) is 41.4 Å². The van der Waals surface area contributed by atoms with Crippen LogP contribution in [0.25, 0.3) is 32.9 Å². The van der Waals surface area contributed by atoms with Crippen molar-refractivity contribution in [1.82, 2.24) is 25.2 Å². The first-order valence-corrected chi connectivity index (χ1v) is 16.4. The third-order valence-electron chi connectivity index (χ3n) is 10.1. The number of phenolic OH excluding ortho intramolecular Hbond substituents is 1. The number of ether oxygens (including phenoxy) is 1. The van der Waals surface area contributed by atoms with Gasteiger partial charge in [0.25, 0.3) is 0 Å². The van der Waals surface area contributed by atoms with E-state index in [0.29, 0.717) is 59.1 Å². The number of terminal acetylenes is 1. The number of phenols is 1. The number of fused-ring (bicyclic) bond motifs is 3. The van der Waals surface area contributed by atoms with Crippen molar-refractivity contribution in [3.63, 3.8) is 0 Å². The topological polar surface area (TPSA) is 128 Å². The average molecular weight is 646 g/mol. The van der Waals surface area contributed by atoms with Crippen LogP contribution in [0.3, 0.4) is 0 Å². The van der Waals surface area contributed by atoms with Crippen molar-refractivity contribution in [1.29, 1.82) is 5.26 Å². The molecule has 3 aliphatic rings. The highest BCUT2D eigenvalue weighted by atomic mass is 19.1. The number of nitriles is 1. The molecule has 11 heteroatoms. The highest BCUT2D eigenvalue weighted by molar-refractivity contribution is 6.02. The smallest absolute Gasteiger partial charge is 0.319 e. The zero-order chi connectivity index (χ0) is 33.4. The quantitative estimate of drug-likeness (QED) is 0.209. The molecule has 2 N–H and O–H groups in total. The summed E-state index contributed by atoms with van der Waals surface area (Å²) in [5.74, 6) is 1.51. The van der Waals surface area contributed by atoms with E-state index in [1.807, 2.05) is 4.90 Å². The van der Waals surface area contributed by atoms with Crippen LogP contribution < -0.4 is 15.0 Å². The van der Waals surface area contributed by atoms with Gasteiger partial charge in [0.2, 0.25) is 5.91 Å². The number of carbonyl (C=O) groups excluding carboxylic acids is 1. The summed E-state index contributed by atoms with van der Waals surface area (Å²) in [5.41, 5.74) is 0.780. The number of carbonyl (C=O) groups is 1. The molecule has 3 fully saturated rings. The van der Waals surface area contributed by atoms with Crippen LogP contribution in [0.2, 0.25) is 0 Å². The molecule has 2 aromatic heterocycles. The Kier molecular flexibility index (Phi) is 8.32. The van der Waals surface area contributed by atoms with Crippen molar-refractivity contribution in [2.75, 3.05) is 37.7 Å². The van der Waals surface area contributed by atoms with Crippen LogP contribution in [0, 0.1) is 35.4 Å². The number of anilines is 1. The van der Waals surface area contributed by atoms with E-state index in [2.05, 4.69) is 38.8 Å². The summed E-state index contributed by atoms with van der Waals surface area (Å²) in [4.78, 5) is 30.8. The fraction of sp³-hybridized carbons (Fsp3) is 0.378. The fourth-order valence-electron chi connectivity index (χ4n) is 7.79. The van der Waals surface area contributed by atoms with E-state index >= 15 is 4.39 Å². The van der Waals surface area contributed by atoms with E-state index in [1.165, 1.54) is 18.3 Å². The van der Waals surface area contributed by atoms with E-state index in [4.69, 9.17) is 16.1 Å². The van der Waals surface area contributed by atoms with Gasteiger partial charge in [-0.05, 0) is 81.3 Å². The van der Waals surface area contributed by atoms with Gasteiger partial charge in [-0.3, -0.25) is 14.7 Å². The molecule has 5 heterocycles. The van der Waals surface area contributed by atoms with Gasteiger partial charge in [0.05, 0.1) is 29.0 Å². The molecule has 2 aromatic carbocycles. The lowest BCUT2D eigenvalue weighted by molar-refractivity contribution is -0.117. The number of benzene rings is 2. The lowest BCUT2D eigenvalue weighted by Gasteiger charge is -2.31. The first-order chi connectivity index (χ1) is 23.3. The predicted octanol–water partition coefficient (Wildman–Crippen LogP) is 5.09. The number of aromatic hydroxyl groups is 1. The van der Waals surface area contributed by atoms with Crippen LogP contribution >= 0.6 is 0 Å². The first kappa shape index (κ1) is 31.3. The van der Waals surface area contributed by atoms with Crippen molar-refractivity contribution < 1.29 is 19.0 Å². The number of hydrogen-bond donors (Lipinski definition) is 2. The molecule has 10 nitrogen and oxygen atoms in total. The molecule has 244 valence electrons. The average Bonchev–Trinajstić information content (AvgIpc) is 3.61. The number of hydrogen-bond acceptors (Lipinski definition) is 9. The van der Waals surface area contributed by atoms with E-state index in [9.17, 15) is 15.2 Å². The summed E-state index contributed by atoms with van der Waals surface area (Å²) in [6, 6.07) is 10.2. The molecular weight excluding hydrogens is 609 g/mol. The second-order valence-electron chi connectivity index (χ2n) is 12.9. The molecule has 0 bridgehead atoms. The molecule has 7 rings (SSSR count). The van der Waals surface area contributed by atoms with Crippen LogP contribution in [0.5, 0.6) is 11.8 Å². The van der Waals surface area contributed by atoms with Crippen LogP contribution in [0.1, 0.15) is 44.1 Å². The van der Waals surface area contributed by atoms with Gasteiger partial charge in [-0.25, -0.2) is 4.39 Å². The number of aromatic nitrogens is 3. The minimum atomic E-state index is -0.706. The molecule has 3 aliphatic heterocycles. The second kappa shape index (κ2) is 12.7. The summed E-state index contributed by atoms with van der Waals surface area (Å²) >= 11 is 0. The monoisotopic (exact) mass is 645 g/mol. The van der Waals surface area contributed by atoms with Gasteiger partial charge in [0, 0.05) is 35.8 Å². The summed E-state index contributed by atoms with van der Waals surface area (Å²) in [7, 11) is 0. The van der Waals surface area contributed by atoms with Crippen molar-refractivity contribution in [3.05, 3.63) is 60.6 Å². The number of amides is 1. The number of nitrogens with one attached hydrogen (secondary N) is 1. The third-order valence-corrected chi connectivity index (χ3v) is 10.1. The minimum Gasteiger partial charge on any atom is -0.508 e. The molecule has 0 spiro atoms. The Hall–Kier alpha value is -5.26. The summed E-state index contributed by atoms with van der Waals surface area (Å²) in [5, 5.41) is 25.0. The van der Waals surface area contributed by atoms with Gasteiger partial charge in [-0.1, -0.05) is 24.6 Å². The standard InChI is InChI=1S/C37H36FN7O3/c1-3-23-9-5-10-24-17-26(46)18-27(31(23)24)33-32(38)34-28(20-40-33)35(44-14-6-11-25(19-39)29(21-44)41-30(47)4-2)43-36(42-34)48-22-37-12-7-15-45(37)16-8-13-37/h1,4-5,9-10,17-18,20,25,29,46H,2,6-8,11-16,21-22H2,(H,41,47)/t25-,29+/m0/s1. The molecule has 3 saturated heterocycles. The predicted molar refractivity (Wildman–Crippen MR) is 181 cm³/mol. The van der Waals surface area contributed by atoms with Crippen molar-refractivity contribution >= 4 is 33.4 Å². The van der Waals surface area contributed by atoms with E-state index < -0.39 is 17.8 Å². The molecule has 48 heavy (non-hydrogen) atoms. The van der Waals surface area contributed by atoms with Crippen molar-refractivity contribution in [2.45, 2.75) is 50.1 Å². The summed E-state index contributed by atoms with van der Waals surface area (Å²) in [6.07, 6.45) is 14.0. The molecule has 0 saturated carbocycles. The maximum absolute atomic E-state index is 16.9. The Balaban J connectivity index is 1.37. The molecule has 4 aromatic rings. The lowest BCUT2D eigenvalue weighted by Crippen LogP contribution is -2.46. The fourth-order valence-corrected chi connectivity index (χ4v) is 7.79. The molecule has 0 unspecified atom stereocenters. The van der Waals surface area contributed by atoms with Gasteiger partial charge in [-0.15, -0.1) is 6.42 Å². The SMILES string of the molecule is C#Cc1cccc2cc(O)cc(-c3ncc4c(N5CCC[C@@H](C#N)[C@H](NC(=O)C=C)C5)nc(OCC56CCCN5CCC6)nc4c3F)c12. The maximum Gasteiger partial charge on any atom is 0.319 e. The van der Waals surface area contributed by atoms with Crippen molar-refractivity contribution in [2.24, 2.45) is 5.92 Å². The number of nitrogens with zero attached hydrogens (tertiary/aromatic N) is 6. The van der Waals surface area contributed by atoms with E-state index in [1.54, 1.807) is 24.3 Å². The normalized spacial score (nSPS) is 20.5. The highest BCUT2D eigenvalue weighted by Gasteiger charge is 2.45. The molecule has 2 atom stereocenters. The van der Waals surface area contributed by atoms with Crippen LogP contribution in [-0.4, -0.2) is 75.2 Å². The van der Waals surface area contributed by atoms with Gasteiger partial charge in [0.1, 0.15) is 29.4 Å². The second-order valence-corrected chi connectivity index (χ2v) is 12.9. The van der Waals surface area contributed by atoms with Crippen LogP contribution in [-0.2, 0) is 4.79 Å². The zero-order valence-electron chi connectivity index (χ0n) is 26.6. The summed E-state index contributed by atoms with van der Waals surface area (Å²) in [6.45, 7) is 6.76. The Morgan fingerprint density at radius 2 is 2.04 bits per heavy atom. The first-order valence-electron chi connectivity index (χ1n) is 16.4. The lowest BCUT2D eigenvalue weighted by atomic mass is 9.95. The Bertz CT molecular complexity index is 2010. The molecule has 1 amide bonds. The molecule has 0 aliphatic carbocycles. The van der Waals surface area contributed by atoms with Gasteiger partial charge < -0.3 is 20.1 Å².